The second-order valence-electron chi connectivity index (χ2n) is 15.6. The van der Waals surface area contributed by atoms with Crippen LogP contribution in [0.2, 0.25) is 0 Å². The number of allylic oxidation sites excluding steroid dienone is 4. The topological polar surface area (TPSA) is 99.1 Å². The number of ether oxygens (including phenoxy) is 3. The fourth-order valence-corrected chi connectivity index (χ4v) is 6.21. The summed E-state index contributed by atoms with van der Waals surface area (Å²) in [5, 5.41) is 9.60. The van der Waals surface area contributed by atoms with Crippen LogP contribution in [0.3, 0.4) is 0 Å². The highest BCUT2D eigenvalue weighted by molar-refractivity contribution is 5.72. The average Bonchev–Trinajstić information content (AvgIpc) is 3.09. The third-order valence-electron chi connectivity index (χ3n) is 9.55. The first-order valence-electron chi connectivity index (χ1n) is 21.4. The standard InChI is InChI=1S/C44H81NO7/c1-6-8-10-12-14-16-18-19-20-21-22-23-24-25-27-29-31-33-35-43(47)52-40(38-50-37-36-41(44(48)49)45(3,4)5)39-51-42(46)34-32-30-28-26-17-15-13-11-9-7-2/h11,13,20-21,40-41H,6-10,12,14-19,22-39H2,1-5H3/p+1/b13-11-,21-20-. The van der Waals surface area contributed by atoms with E-state index >= 15 is 0 Å². The van der Waals surface area contributed by atoms with Crippen molar-refractivity contribution < 1.29 is 38.2 Å². The van der Waals surface area contributed by atoms with Gasteiger partial charge >= 0.3 is 17.9 Å². The quantitative estimate of drug-likeness (QED) is 0.0291. The number of carbonyl (C=O) groups is 3. The molecule has 0 spiro atoms. The number of esters is 2. The fraction of sp³-hybridized carbons (Fsp3) is 0.841. The van der Waals surface area contributed by atoms with Gasteiger partial charge in [0.25, 0.3) is 0 Å². The van der Waals surface area contributed by atoms with Crippen LogP contribution < -0.4 is 0 Å². The summed E-state index contributed by atoms with van der Waals surface area (Å²) in [5.74, 6) is -1.48. The Morgan fingerprint density at radius 3 is 1.46 bits per heavy atom. The van der Waals surface area contributed by atoms with Crippen LogP contribution in [0.4, 0.5) is 0 Å². The van der Waals surface area contributed by atoms with E-state index in [0.717, 1.165) is 57.8 Å². The van der Waals surface area contributed by atoms with Crippen LogP contribution in [-0.4, -0.2) is 80.6 Å². The van der Waals surface area contributed by atoms with Gasteiger partial charge in [0.15, 0.2) is 12.1 Å². The van der Waals surface area contributed by atoms with Crippen molar-refractivity contribution in [2.24, 2.45) is 0 Å². The highest BCUT2D eigenvalue weighted by Gasteiger charge is 2.31. The number of hydrogen-bond donors (Lipinski definition) is 1. The summed E-state index contributed by atoms with van der Waals surface area (Å²) >= 11 is 0. The van der Waals surface area contributed by atoms with E-state index in [1.54, 1.807) is 0 Å². The Bertz CT molecular complexity index is 911. The lowest BCUT2D eigenvalue weighted by Gasteiger charge is -2.31. The summed E-state index contributed by atoms with van der Waals surface area (Å²) in [4.78, 5) is 36.8. The lowest BCUT2D eigenvalue weighted by molar-refractivity contribution is -0.887. The molecular formula is C44H82NO7+. The second-order valence-corrected chi connectivity index (χ2v) is 15.6. The van der Waals surface area contributed by atoms with E-state index in [-0.39, 0.29) is 36.2 Å². The van der Waals surface area contributed by atoms with Crippen LogP contribution >= 0.6 is 0 Å². The molecular weight excluding hydrogens is 654 g/mol. The molecule has 0 saturated carbocycles. The number of nitrogens with zero attached hydrogens (tertiary/aromatic N) is 1. The van der Waals surface area contributed by atoms with Crippen LogP contribution in [0.25, 0.3) is 0 Å². The molecule has 0 saturated heterocycles. The van der Waals surface area contributed by atoms with Crippen molar-refractivity contribution >= 4 is 17.9 Å². The van der Waals surface area contributed by atoms with E-state index in [1.165, 1.54) is 96.3 Å². The molecule has 0 rings (SSSR count). The number of carboxylic acid groups (broad SMARTS) is 1. The summed E-state index contributed by atoms with van der Waals surface area (Å²) < 4.78 is 17.2. The number of likely N-dealkylation sites (N-methyl/N-ethyl adjacent to an activating group) is 1. The zero-order chi connectivity index (χ0) is 38.5. The second kappa shape index (κ2) is 35.8. The molecule has 2 unspecified atom stereocenters. The molecule has 0 fully saturated rings. The molecule has 0 aromatic heterocycles. The van der Waals surface area contributed by atoms with Gasteiger partial charge < -0.3 is 23.8 Å². The number of aliphatic carboxylic acids is 1. The number of carboxylic acids is 1. The van der Waals surface area contributed by atoms with E-state index in [9.17, 15) is 19.5 Å². The number of quaternary nitrogens is 1. The molecule has 8 heteroatoms. The van der Waals surface area contributed by atoms with Crippen molar-refractivity contribution in [1.82, 2.24) is 0 Å². The molecule has 52 heavy (non-hydrogen) atoms. The maximum absolute atomic E-state index is 12.7. The molecule has 0 aliphatic carbocycles. The van der Waals surface area contributed by atoms with Gasteiger partial charge in [-0.1, -0.05) is 134 Å². The largest absolute Gasteiger partial charge is 0.477 e. The third kappa shape index (κ3) is 33.6. The van der Waals surface area contributed by atoms with Gasteiger partial charge in [-0.05, 0) is 57.8 Å². The lowest BCUT2D eigenvalue weighted by Crippen LogP contribution is -2.50. The van der Waals surface area contributed by atoms with Crippen LogP contribution in [0.5, 0.6) is 0 Å². The average molecular weight is 737 g/mol. The first-order chi connectivity index (χ1) is 25.1. The Morgan fingerprint density at radius 2 is 1.00 bits per heavy atom. The van der Waals surface area contributed by atoms with Crippen LogP contribution in [0, 0.1) is 0 Å². The third-order valence-corrected chi connectivity index (χ3v) is 9.55. The first kappa shape index (κ1) is 49.8. The van der Waals surface area contributed by atoms with Crippen molar-refractivity contribution in [2.45, 2.75) is 199 Å². The SMILES string of the molecule is CCC/C=C\CCCCCCCC(=O)OCC(COCCC(C(=O)O)[N+](C)(C)C)OC(=O)CCCCCCCCC/C=C\CCCCCCCCC. The molecule has 1 N–H and O–H groups in total. The van der Waals surface area contributed by atoms with E-state index in [1.807, 2.05) is 21.1 Å². The van der Waals surface area contributed by atoms with Crippen LogP contribution in [-0.2, 0) is 28.6 Å². The minimum Gasteiger partial charge on any atom is -0.477 e. The molecule has 0 aromatic carbocycles. The molecule has 2 atom stereocenters. The van der Waals surface area contributed by atoms with E-state index < -0.39 is 18.1 Å². The van der Waals surface area contributed by atoms with Crippen LogP contribution in [0.15, 0.2) is 24.3 Å². The van der Waals surface area contributed by atoms with Gasteiger partial charge in [-0.15, -0.1) is 0 Å². The number of unbranched alkanes of at least 4 members (excludes halogenated alkanes) is 20. The molecule has 0 bridgehead atoms. The predicted molar refractivity (Wildman–Crippen MR) is 215 cm³/mol. The highest BCUT2D eigenvalue weighted by atomic mass is 16.6. The number of carbonyl (C=O) groups excluding carboxylic acids is 2. The van der Waals surface area contributed by atoms with Crippen molar-refractivity contribution in [1.29, 1.82) is 0 Å². The van der Waals surface area contributed by atoms with Gasteiger partial charge in [0, 0.05) is 19.3 Å². The Hall–Kier alpha value is -2.19. The van der Waals surface area contributed by atoms with Gasteiger partial charge in [0.2, 0.25) is 0 Å². The number of rotatable bonds is 38. The summed E-state index contributed by atoms with van der Waals surface area (Å²) in [5.41, 5.74) is 0. The Morgan fingerprint density at radius 1 is 0.558 bits per heavy atom. The maximum Gasteiger partial charge on any atom is 0.362 e. The molecule has 0 aromatic rings. The minimum atomic E-state index is -0.877. The van der Waals surface area contributed by atoms with Gasteiger partial charge in [-0.2, -0.15) is 0 Å². The lowest BCUT2D eigenvalue weighted by atomic mass is 10.1. The van der Waals surface area contributed by atoms with E-state index in [0.29, 0.717) is 19.3 Å². The van der Waals surface area contributed by atoms with Crippen molar-refractivity contribution in [3.8, 4) is 0 Å². The fourth-order valence-electron chi connectivity index (χ4n) is 6.21. The Balaban J connectivity index is 4.32. The smallest absolute Gasteiger partial charge is 0.362 e. The molecule has 0 heterocycles. The zero-order valence-electron chi connectivity index (χ0n) is 34.5. The Kier molecular flexibility index (Phi) is 34.3. The highest BCUT2D eigenvalue weighted by Crippen LogP contribution is 2.14. The molecule has 0 aliphatic heterocycles. The zero-order valence-corrected chi connectivity index (χ0v) is 34.5. The van der Waals surface area contributed by atoms with Crippen molar-refractivity contribution in [2.75, 3.05) is 41.0 Å². The van der Waals surface area contributed by atoms with Gasteiger partial charge in [0.1, 0.15) is 6.61 Å². The Labute approximate surface area is 320 Å². The van der Waals surface area contributed by atoms with Gasteiger partial charge in [-0.3, -0.25) is 9.59 Å². The summed E-state index contributed by atoms with van der Waals surface area (Å²) in [6.07, 6.45) is 37.9. The first-order valence-corrected chi connectivity index (χ1v) is 21.4. The van der Waals surface area contributed by atoms with Crippen molar-refractivity contribution in [3.63, 3.8) is 0 Å². The van der Waals surface area contributed by atoms with Gasteiger partial charge in [0.05, 0.1) is 34.4 Å². The molecule has 304 valence electrons. The molecule has 0 amide bonds. The maximum atomic E-state index is 12.7. The molecule has 0 aliphatic rings. The summed E-state index contributed by atoms with van der Waals surface area (Å²) in [6, 6.07) is -0.613. The van der Waals surface area contributed by atoms with E-state index in [2.05, 4.69) is 38.2 Å². The molecule has 0 radical (unpaired) electrons. The van der Waals surface area contributed by atoms with Gasteiger partial charge in [-0.25, -0.2) is 4.79 Å². The number of hydrogen-bond acceptors (Lipinski definition) is 6. The summed E-state index contributed by atoms with van der Waals surface area (Å²) in [7, 11) is 5.52. The van der Waals surface area contributed by atoms with Crippen LogP contribution in [0.1, 0.15) is 187 Å². The van der Waals surface area contributed by atoms with E-state index in [4.69, 9.17) is 14.2 Å². The van der Waals surface area contributed by atoms with Crippen molar-refractivity contribution in [3.05, 3.63) is 24.3 Å². The minimum absolute atomic E-state index is 0.0549. The summed E-state index contributed by atoms with van der Waals surface area (Å²) in [6.45, 7) is 4.66. The normalized spacial score (nSPS) is 13.2. The molecule has 8 nitrogen and oxygen atoms in total. The monoisotopic (exact) mass is 737 g/mol. The predicted octanol–water partition coefficient (Wildman–Crippen LogP) is 11.3.